The highest BCUT2D eigenvalue weighted by molar-refractivity contribution is 5.98. The average molecular weight is 433 g/mol. The Balaban J connectivity index is 1.54. The maximum atomic E-state index is 15.2. The molecular formula is C24H20FN3O4. The van der Waals surface area contributed by atoms with Gasteiger partial charge in [-0.1, -0.05) is 0 Å². The molecule has 3 aliphatic rings. The third kappa shape index (κ3) is 2.90. The van der Waals surface area contributed by atoms with Crippen molar-refractivity contribution < 1.29 is 23.4 Å². The third-order valence-electron chi connectivity index (χ3n) is 6.29. The summed E-state index contributed by atoms with van der Waals surface area (Å²) in [5, 5.41) is 0.927. The van der Waals surface area contributed by atoms with Gasteiger partial charge in [-0.15, -0.1) is 0 Å². The van der Waals surface area contributed by atoms with Crippen LogP contribution in [0, 0.1) is 24.6 Å². The quantitative estimate of drug-likeness (QED) is 0.491. The highest BCUT2D eigenvalue weighted by Gasteiger charge is 2.37. The molecule has 0 spiro atoms. The Morgan fingerprint density at radius 2 is 1.97 bits per heavy atom. The third-order valence-corrected chi connectivity index (χ3v) is 6.29. The number of H-pyrrole nitrogens is 1. The number of aromatic amines is 1. The molecule has 7 rings (SSSR count). The molecule has 2 aromatic carbocycles. The predicted molar refractivity (Wildman–Crippen MR) is 115 cm³/mol. The number of benzene rings is 2. The lowest BCUT2D eigenvalue weighted by atomic mass is 9.73. The highest BCUT2D eigenvalue weighted by atomic mass is 19.1. The molecule has 0 unspecified atom stereocenters. The minimum Gasteiger partial charge on any atom is -0.493 e. The molecule has 8 heteroatoms. The summed E-state index contributed by atoms with van der Waals surface area (Å²) in [5.74, 6) is 0.785. The fourth-order valence-electron chi connectivity index (χ4n) is 4.52. The van der Waals surface area contributed by atoms with Gasteiger partial charge in [-0.05, 0) is 49.9 Å². The Morgan fingerprint density at radius 1 is 1.12 bits per heavy atom. The lowest BCUT2D eigenvalue weighted by Gasteiger charge is -2.33. The monoisotopic (exact) mass is 433 g/mol. The molecule has 0 amide bonds. The number of fused-ring (bicyclic) bond motifs is 2. The molecule has 1 aliphatic carbocycles. The van der Waals surface area contributed by atoms with Crippen LogP contribution in [0.4, 0.5) is 4.39 Å². The second-order valence-electron chi connectivity index (χ2n) is 8.48. The Labute approximate surface area is 182 Å². The molecule has 1 N–H and O–H groups in total. The Kier molecular flexibility index (Phi) is 4.11. The summed E-state index contributed by atoms with van der Waals surface area (Å²) in [5.41, 5.74) is 2.00. The molecule has 32 heavy (non-hydrogen) atoms. The van der Waals surface area contributed by atoms with Crippen LogP contribution < -0.4 is 14.2 Å². The van der Waals surface area contributed by atoms with E-state index in [1.54, 1.807) is 37.4 Å². The van der Waals surface area contributed by atoms with Crippen LogP contribution in [0.5, 0.6) is 23.1 Å². The van der Waals surface area contributed by atoms with E-state index in [4.69, 9.17) is 14.2 Å². The number of ether oxygens (including phenoxy) is 3. The number of hydrogen-bond acceptors (Lipinski definition) is 6. The standard InChI is InChI=1S/C24H20FN3O4/c1-11-5-14-16(26-11)3-4-18(21(14)25)32-24-15-8-19(30-2)20-9-17(15)27-23(28-24)22(29)13-6-12(7-13)10-31-20/h3-5,8-9,12-13,26H,6-7,10H2,1-2H3. The van der Waals surface area contributed by atoms with Gasteiger partial charge in [0.15, 0.2) is 28.9 Å². The number of carbonyl (C=O) groups excluding carboxylic acids is 1. The molecule has 162 valence electrons. The van der Waals surface area contributed by atoms with Gasteiger partial charge in [-0.25, -0.2) is 9.37 Å². The molecule has 1 fully saturated rings. The molecule has 1 saturated carbocycles. The molecule has 0 atom stereocenters. The normalized spacial score (nSPS) is 19.7. The van der Waals surface area contributed by atoms with Gasteiger partial charge in [0.1, 0.15) is 0 Å². The van der Waals surface area contributed by atoms with E-state index < -0.39 is 5.82 Å². The number of halogens is 1. The van der Waals surface area contributed by atoms with Crippen LogP contribution in [0.25, 0.3) is 21.8 Å². The molecule has 5 bridgehead atoms. The van der Waals surface area contributed by atoms with E-state index in [0.717, 1.165) is 18.5 Å². The van der Waals surface area contributed by atoms with Crippen LogP contribution in [-0.4, -0.2) is 34.5 Å². The topological polar surface area (TPSA) is 86.3 Å². The second kappa shape index (κ2) is 6.91. The number of hydrogen-bond donors (Lipinski definition) is 1. The largest absolute Gasteiger partial charge is 0.493 e. The fourth-order valence-corrected chi connectivity index (χ4v) is 4.52. The summed E-state index contributed by atoms with van der Waals surface area (Å²) in [6.45, 7) is 2.37. The summed E-state index contributed by atoms with van der Waals surface area (Å²) >= 11 is 0. The first-order valence-corrected chi connectivity index (χ1v) is 10.5. The van der Waals surface area contributed by atoms with Crippen molar-refractivity contribution in [2.24, 2.45) is 11.8 Å². The first-order chi connectivity index (χ1) is 15.5. The maximum Gasteiger partial charge on any atom is 0.231 e. The number of carbonyl (C=O) groups is 1. The van der Waals surface area contributed by atoms with Gasteiger partial charge in [0.2, 0.25) is 11.7 Å². The second-order valence-corrected chi connectivity index (χ2v) is 8.48. The van der Waals surface area contributed by atoms with E-state index in [1.165, 1.54) is 0 Å². The van der Waals surface area contributed by atoms with Crippen LogP contribution >= 0.6 is 0 Å². The van der Waals surface area contributed by atoms with Crippen molar-refractivity contribution in [1.82, 2.24) is 15.0 Å². The molecule has 2 aromatic heterocycles. The summed E-state index contributed by atoms with van der Waals surface area (Å²) < 4.78 is 32.6. The van der Waals surface area contributed by atoms with Gasteiger partial charge in [-0.3, -0.25) is 4.79 Å². The Hall–Kier alpha value is -3.68. The Bertz CT molecular complexity index is 1410. The summed E-state index contributed by atoms with van der Waals surface area (Å²) in [6.07, 6.45) is 1.46. The van der Waals surface area contributed by atoms with Crippen LogP contribution in [0.3, 0.4) is 0 Å². The van der Waals surface area contributed by atoms with Crippen LogP contribution in [0.15, 0.2) is 30.3 Å². The molecule has 7 nitrogen and oxygen atoms in total. The first-order valence-electron chi connectivity index (χ1n) is 10.5. The molecule has 0 radical (unpaired) electrons. The zero-order valence-corrected chi connectivity index (χ0v) is 17.6. The summed E-state index contributed by atoms with van der Waals surface area (Å²) in [7, 11) is 1.55. The zero-order chi connectivity index (χ0) is 22.0. The fraction of sp³-hybridized carbons (Fsp3) is 0.292. The number of nitrogens with one attached hydrogen (secondary N) is 1. The SMILES string of the molecule is COc1cc2c(Oc3ccc4[nH]c(C)cc4c3F)nc3nc2cc1OCC1CC(C1)C3=O. The summed E-state index contributed by atoms with van der Waals surface area (Å²) in [4.78, 5) is 25.0. The highest BCUT2D eigenvalue weighted by Crippen LogP contribution is 2.42. The number of aryl methyl sites for hydroxylation is 1. The predicted octanol–water partition coefficient (Wildman–Crippen LogP) is 4.96. The number of ketones is 1. The van der Waals surface area contributed by atoms with E-state index in [9.17, 15) is 4.79 Å². The molecular weight excluding hydrogens is 413 g/mol. The number of nitrogens with zero attached hydrogens (tertiary/aromatic N) is 2. The van der Waals surface area contributed by atoms with E-state index in [1.807, 2.05) is 6.92 Å². The number of aromatic nitrogens is 3. The molecule has 0 saturated heterocycles. The smallest absolute Gasteiger partial charge is 0.231 e. The van der Waals surface area contributed by atoms with Gasteiger partial charge in [-0.2, -0.15) is 4.98 Å². The molecule has 2 aliphatic heterocycles. The van der Waals surface area contributed by atoms with E-state index in [2.05, 4.69) is 15.0 Å². The van der Waals surface area contributed by atoms with Gasteiger partial charge >= 0.3 is 0 Å². The van der Waals surface area contributed by atoms with Gasteiger partial charge in [0.25, 0.3) is 0 Å². The van der Waals surface area contributed by atoms with Crippen LogP contribution in [-0.2, 0) is 0 Å². The minimum absolute atomic E-state index is 0.0159. The number of Topliss-reactive ketones (excluding diaryl/α,β-unsaturated/α-hetero) is 1. The van der Waals surface area contributed by atoms with Gasteiger partial charge in [0.05, 0.1) is 24.6 Å². The van der Waals surface area contributed by atoms with Crippen molar-refractivity contribution in [1.29, 1.82) is 0 Å². The van der Waals surface area contributed by atoms with Crippen LogP contribution in [0.2, 0.25) is 0 Å². The van der Waals surface area contributed by atoms with Gasteiger partial charge in [0, 0.05) is 28.6 Å². The Morgan fingerprint density at radius 3 is 2.78 bits per heavy atom. The van der Waals surface area contributed by atoms with E-state index in [-0.39, 0.29) is 29.2 Å². The lowest BCUT2D eigenvalue weighted by Crippen LogP contribution is -2.34. The van der Waals surface area contributed by atoms with E-state index in [0.29, 0.717) is 45.8 Å². The van der Waals surface area contributed by atoms with Gasteiger partial charge < -0.3 is 19.2 Å². The van der Waals surface area contributed by atoms with E-state index >= 15 is 4.39 Å². The number of methoxy groups -OCH3 is 1. The van der Waals surface area contributed by atoms with Crippen molar-refractivity contribution in [3.63, 3.8) is 0 Å². The van der Waals surface area contributed by atoms with Crippen molar-refractivity contribution in [2.45, 2.75) is 19.8 Å². The first kappa shape index (κ1) is 19.0. The van der Waals surface area contributed by atoms with Crippen LogP contribution in [0.1, 0.15) is 29.2 Å². The van der Waals surface area contributed by atoms with Crippen molar-refractivity contribution in [3.05, 3.63) is 47.7 Å². The number of rotatable bonds is 3. The van der Waals surface area contributed by atoms with Crippen molar-refractivity contribution >= 4 is 27.6 Å². The van der Waals surface area contributed by atoms with Crippen molar-refractivity contribution in [3.8, 4) is 23.1 Å². The maximum absolute atomic E-state index is 15.2. The average Bonchev–Trinajstić information content (AvgIpc) is 3.13. The molecule has 4 heterocycles. The summed E-state index contributed by atoms with van der Waals surface area (Å²) in [6, 6.07) is 8.44. The zero-order valence-electron chi connectivity index (χ0n) is 17.6. The molecule has 4 aromatic rings. The van der Waals surface area contributed by atoms with Crippen molar-refractivity contribution in [2.75, 3.05) is 13.7 Å². The lowest BCUT2D eigenvalue weighted by molar-refractivity contribution is 0.0683. The minimum atomic E-state index is -0.502.